The number of hydrogen-bond donors (Lipinski definition) is 2. The van der Waals surface area contributed by atoms with E-state index >= 15 is 0 Å². The summed E-state index contributed by atoms with van der Waals surface area (Å²) in [5.74, 6) is -0.194. The zero-order valence-electron chi connectivity index (χ0n) is 49.4. The Morgan fingerprint density at radius 1 is 0.479 bits per heavy atom. The van der Waals surface area contributed by atoms with Gasteiger partial charge in [0, 0.05) is 6.42 Å². The Hall–Kier alpha value is -1.28. The van der Waals surface area contributed by atoms with Crippen molar-refractivity contribution in [3.8, 4) is 0 Å². The number of nitrogens with zero attached hydrogens (tertiary/aromatic N) is 1. The van der Waals surface area contributed by atoms with Crippen LogP contribution in [-0.4, -0.2) is 68.5 Å². The third-order valence-electron chi connectivity index (χ3n) is 14.6. The maximum atomic E-state index is 13.0. The molecule has 0 aromatic rings. The molecular formula is C64H125N2O6P. The van der Waals surface area contributed by atoms with Crippen LogP contribution in [0.2, 0.25) is 0 Å². The largest absolute Gasteiger partial charge is 0.756 e. The van der Waals surface area contributed by atoms with Crippen molar-refractivity contribution < 1.29 is 32.9 Å². The van der Waals surface area contributed by atoms with Crippen LogP contribution < -0.4 is 10.2 Å². The van der Waals surface area contributed by atoms with Gasteiger partial charge in [0.1, 0.15) is 13.2 Å². The van der Waals surface area contributed by atoms with Gasteiger partial charge in [0.05, 0.1) is 39.9 Å². The van der Waals surface area contributed by atoms with Crippen LogP contribution in [0.4, 0.5) is 0 Å². The lowest BCUT2D eigenvalue weighted by molar-refractivity contribution is -0.870. The molecule has 0 aliphatic heterocycles. The molecule has 0 aromatic heterocycles. The molecule has 0 radical (unpaired) electrons. The van der Waals surface area contributed by atoms with Crippen LogP contribution in [-0.2, 0) is 18.4 Å². The molecule has 0 aromatic carbocycles. The van der Waals surface area contributed by atoms with Crippen LogP contribution in [0.15, 0.2) is 36.5 Å². The molecule has 8 nitrogen and oxygen atoms in total. The van der Waals surface area contributed by atoms with Gasteiger partial charge in [0.15, 0.2) is 0 Å². The minimum Gasteiger partial charge on any atom is -0.756 e. The molecule has 1 amide bonds. The third-order valence-corrected chi connectivity index (χ3v) is 15.6. The summed E-state index contributed by atoms with van der Waals surface area (Å²) < 4.78 is 23.3. The molecular weight excluding hydrogens is 924 g/mol. The van der Waals surface area contributed by atoms with E-state index in [-0.39, 0.29) is 19.1 Å². The molecule has 0 heterocycles. The van der Waals surface area contributed by atoms with E-state index in [0.717, 1.165) is 44.9 Å². The summed E-state index contributed by atoms with van der Waals surface area (Å²) in [5.41, 5.74) is 0. The number of carbonyl (C=O) groups is 1. The summed E-state index contributed by atoms with van der Waals surface area (Å²) in [6.07, 6.45) is 72.6. The lowest BCUT2D eigenvalue weighted by Gasteiger charge is -2.29. The number of phosphoric ester groups is 1. The van der Waals surface area contributed by atoms with Crippen molar-refractivity contribution in [3.63, 3.8) is 0 Å². The highest BCUT2D eigenvalue weighted by Gasteiger charge is 2.23. The number of aliphatic hydroxyl groups excluding tert-OH is 1. The molecule has 9 heteroatoms. The number of aliphatic hydroxyl groups is 1. The number of amides is 1. The average molecular weight is 1050 g/mol. The fourth-order valence-electron chi connectivity index (χ4n) is 9.60. The van der Waals surface area contributed by atoms with Gasteiger partial charge < -0.3 is 28.8 Å². The van der Waals surface area contributed by atoms with E-state index in [9.17, 15) is 19.4 Å². The number of allylic oxidation sites excluding steroid dienone is 5. The Morgan fingerprint density at radius 3 is 1.14 bits per heavy atom. The van der Waals surface area contributed by atoms with Crippen LogP contribution in [0.1, 0.15) is 316 Å². The first-order valence-corrected chi connectivity index (χ1v) is 33.3. The minimum atomic E-state index is -4.59. The smallest absolute Gasteiger partial charge is 0.268 e. The number of quaternary nitrogens is 1. The SMILES string of the molecule is CCCCCCCCCCCCCC/C=C/C(O)C(COP(=O)([O-])OCC[N+](C)(C)C)NC(=O)CCCCCCCCCCCCCCCCCCC/C=C\C/C=C\CCCCCCCCCCCCCCC. The van der Waals surface area contributed by atoms with Crippen LogP contribution in [0.3, 0.4) is 0 Å². The average Bonchev–Trinajstić information content (AvgIpc) is 3.35. The lowest BCUT2D eigenvalue weighted by Crippen LogP contribution is -2.45. The van der Waals surface area contributed by atoms with Gasteiger partial charge in [-0.25, -0.2) is 0 Å². The van der Waals surface area contributed by atoms with E-state index in [1.807, 2.05) is 27.2 Å². The van der Waals surface area contributed by atoms with Gasteiger partial charge in [0.25, 0.3) is 7.82 Å². The van der Waals surface area contributed by atoms with Crippen molar-refractivity contribution in [3.05, 3.63) is 36.5 Å². The Labute approximate surface area is 455 Å². The number of unbranched alkanes of at least 4 members (excludes halogenated alkanes) is 42. The summed E-state index contributed by atoms with van der Waals surface area (Å²) in [6.45, 7) is 4.68. The lowest BCUT2D eigenvalue weighted by atomic mass is 10.0. The van der Waals surface area contributed by atoms with E-state index in [2.05, 4.69) is 43.5 Å². The van der Waals surface area contributed by atoms with Crippen molar-refractivity contribution in [2.45, 2.75) is 328 Å². The van der Waals surface area contributed by atoms with Crippen molar-refractivity contribution in [2.24, 2.45) is 0 Å². The van der Waals surface area contributed by atoms with Gasteiger partial charge in [-0.15, -0.1) is 0 Å². The zero-order chi connectivity index (χ0) is 53.5. The Bertz CT molecular complexity index is 1280. The first-order chi connectivity index (χ1) is 35.5. The van der Waals surface area contributed by atoms with Gasteiger partial charge in [-0.05, 0) is 51.4 Å². The maximum absolute atomic E-state index is 13.0. The third kappa shape index (κ3) is 58.2. The molecule has 0 saturated carbocycles. The quantitative estimate of drug-likeness (QED) is 0.0272. The van der Waals surface area contributed by atoms with Crippen LogP contribution >= 0.6 is 7.82 Å². The molecule has 3 atom stereocenters. The van der Waals surface area contributed by atoms with Gasteiger partial charge in [-0.1, -0.05) is 294 Å². The van der Waals surface area contributed by atoms with E-state index in [4.69, 9.17) is 9.05 Å². The van der Waals surface area contributed by atoms with Crippen molar-refractivity contribution >= 4 is 13.7 Å². The Kier molecular flexibility index (Phi) is 54.5. The summed E-state index contributed by atoms with van der Waals surface area (Å²) in [7, 11) is 1.27. The van der Waals surface area contributed by atoms with Crippen molar-refractivity contribution in [1.82, 2.24) is 5.32 Å². The number of nitrogens with one attached hydrogen (secondary N) is 1. The molecule has 432 valence electrons. The summed E-state index contributed by atoms with van der Waals surface area (Å²) in [5, 5.41) is 13.9. The monoisotopic (exact) mass is 1050 g/mol. The second-order valence-corrected chi connectivity index (χ2v) is 24.5. The van der Waals surface area contributed by atoms with Gasteiger partial charge >= 0.3 is 0 Å². The van der Waals surface area contributed by atoms with Gasteiger partial charge in [-0.3, -0.25) is 9.36 Å². The summed E-state index contributed by atoms with van der Waals surface area (Å²) >= 11 is 0. The first-order valence-electron chi connectivity index (χ1n) is 31.9. The van der Waals surface area contributed by atoms with Crippen LogP contribution in [0, 0.1) is 0 Å². The second-order valence-electron chi connectivity index (χ2n) is 23.1. The fraction of sp³-hybridized carbons (Fsp3) is 0.891. The Balaban J connectivity index is 3.94. The number of carbonyl (C=O) groups excluding carboxylic acids is 1. The molecule has 0 aliphatic rings. The summed E-state index contributed by atoms with van der Waals surface area (Å²) in [6, 6.07) is -0.885. The van der Waals surface area contributed by atoms with E-state index in [0.29, 0.717) is 17.4 Å². The second kappa shape index (κ2) is 55.5. The highest BCUT2D eigenvalue weighted by atomic mass is 31.2. The predicted octanol–water partition coefficient (Wildman–Crippen LogP) is 19.1. The minimum absolute atomic E-state index is 0.000318. The van der Waals surface area contributed by atoms with E-state index < -0.39 is 20.0 Å². The zero-order valence-corrected chi connectivity index (χ0v) is 50.3. The molecule has 3 unspecified atom stereocenters. The fourth-order valence-corrected chi connectivity index (χ4v) is 10.3. The van der Waals surface area contributed by atoms with E-state index in [1.165, 1.54) is 250 Å². The number of rotatable bonds is 59. The number of hydrogen-bond acceptors (Lipinski definition) is 6. The summed E-state index contributed by atoms with van der Waals surface area (Å²) in [4.78, 5) is 25.5. The molecule has 0 aliphatic carbocycles. The standard InChI is InChI=1S/C64H125N2O6P/c1-6-8-10-12-14-16-18-20-22-23-24-25-26-27-28-29-30-31-32-33-34-35-36-37-38-39-40-41-42-43-44-46-48-50-52-54-56-58-64(68)65-62(61-72-73(69,70)71-60-59-66(3,4)5)63(67)57-55-53-51-49-47-45-21-19-17-15-13-11-9-7-2/h28-29,31-32,55,57,62-63,67H,6-27,30,33-54,56,58-61H2,1-5H3,(H-,65,68,69,70)/b29-28-,32-31-,57-55+. The molecule has 2 N–H and O–H groups in total. The predicted molar refractivity (Wildman–Crippen MR) is 316 cm³/mol. The molecule has 73 heavy (non-hydrogen) atoms. The molecule has 0 rings (SSSR count). The number of phosphoric acid groups is 1. The first kappa shape index (κ1) is 71.7. The van der Waals surface area contributed by atoms with Gasteiger partial charge in [-0.2, -0.15) is 0 Å². The van der Waals surface area contributed by atoms with E-state index in [1.54, 1.807) is 6.08 Å². The van der Waals surface area contributed by atoms with Crippen molar-refractivity contribution in [2.75, 3.05) is 40.9 Å². The van der Waals surface area contributed by atoms with Crippen LogP contribution in [0.5, 0.6) is 0 Å². The van der Waals surface area contributed by atoms with Crippen molar-refractivity contribution in [1.29, 1.82) is 0 Å². The topological polar surface area (TPSA) is 108 Å². The highest BCUT2D eigenvalue weighted by Crippen LogP contribution is 2.38. The molecule has 0 fully saturated rings. The normalized spacial score (nSPS) is 14.0. The molecule has 0 saturated heterocycles. The Morgan fingerprint density at radius 2 is 0.795 bits per heavy atom. The van der Waals surface area contributed by atoms with Crippen LogP contribution in [0.25, 0.3) is 0 Å². The number of likely N-dealkylation sites (N-methyl/N-ethyl adjacent to an activating group) is 1. The molecule has 0 spiro atoms. The maximum Gasteiger partial charge on any atom is 0.268 e. The molecule has 0 bridgehead atoms. The highest BCUT2D eigenvalue weighted by molar-refractivity contribution is 7.45. The van der Waals surface area contributed by atoms with Gasteiger partial charge in [0.2, 0.25) is 5.91 Å².